The number of carbonyl (C=O) groups is 1. The summed E-state index contributed by atoms with van der Waals surface area (Å²) >= 11 is 0. The fourth-order valence-electron chi connectivity index (χ4n) is 9.14. The minimum absolute atomic E-state index is 0.197. The van der Waals surface area contributed by atoms with Crippen LogP contribution in [0.25, 0.3) is 0 Å². The molecule has 9 heteroatoms. The summed E-state index contributed by atoms with van der Waals surface area (Å²) in [5.41, 5.74) is 0. The molecule has 0 aromatic carbocycles. The Morgan fingerprint density at radius 2 is 0.787 bits per heavy atom. The van der Waals surface area contributed by atoms with Gasteiger partial charge in [-0.1, -0.05) is 269 Å². The number of aliphatic hydroxyl groups is 5. The van der Waals surface area contributed by atoms with E-state index in [-0.39, 0.29) is 12.5 Å². The third-order valence-electron chi connectivity index (χ3n) is 14.1. The van der Waals surface area contributed by atoms with Gasteiger partial charge in [-0.25, -0.2) is 0 Å². The summed E-state index contributed by atoms with van der Waals surface area (Å²) in [7, 11) is 0. The number of amides is 1. The largest absolute Gasteiger partial charge is 0.394 e. The Labute approximate surface area is 489 Å². The predicted octanol–water partition coefficient (Wildman–Crippen LogP) is 17.0. The molecular formula is C71H117NO8. The van der Waals surface area contributed by atoms with Gasteiger partial charge in [-0.2, -0.15) is 0 Å². The number of nitrogens with one attached hydrogen (secondary N) is 1. The monoisotopic (exact) mass is 1110 g/mol. The molecule has 1 heterocycles. The van der Waals surface area contributed by atoms with Gasteiger partial charge in [-0.05, 0) is 109 Å². The molecule has 1 fully saturated rings. The number of hydrogen-bond acceptors (Lipinski definition) is 8. The maximum absolute atomic E-state index is 13.1. The molecule has 0 spiro atoms. The quantitative estimate of drug-likeness (QED) is 0.0261. The van der Waals surface area contributed by atoms with Crippen molar-refractivity contribution in [3.05, 3.63) is 146 Å². The lowest BCUT2D eigenvalue weighted by molar-refractivity contribution is -0.302. The number of allylic oxidation sites excluding steroid dienone is 23. The molecule has 80 heavy (non-hydrogen) atoms. The number of unbranched alkanes of at least 4 members (excludes halogenated alkanes) is 21. The standard InChI is InChI=1S/C71H117NO8/c1-3-5-7-9-11-13-15-17-19-21-22-23-24-25-26-27-28-29-30-31-32-33-34-35-36-37-38-39-40-41-42-43-44-45-47-49-51-53-55-57-59-61-67(75)72-64(63-79-71-70(78)69(77)68(76)66(62-73)80-71)65(74)60-58-56-54-52-50-48-46-20-18-16-14-12-10-8-6-4-2/h5,7,11,13,17,19,22-23,25-26,28-29,31-32,34-35,37-38,40-41,50,52,58,60,64-66,68-71,73-74,76-78H,3-4,6,8-10,12,14-16,18,20-21,24,27,30,33,36,39,42-49,51,53-57,59,61-63H2,1-2H3,(H,72,75)/b7-5-,13-11-,19-17-,23-22-,26-25-,29-28-,32-31-,35-34-,38-37-,41-40-,52-50+,60-58+. The van der Waals surface area contributed by atoms with Crippen LogP contribution in [0.3, 0.4) is 0 Å². The molecule has 1 aliphatic heterocycles. The zero-order valence-corrected chi connectivity index (χ0v) is 50.5. The van der Waals surface area contributed by atoms with Crippen molar-refractivity contribution in [3.63, 3.8) is 0 Å². The Bertz CT molecular complexity index is 1770. The second-order valence-corrected chi connectivity index (χ2v) is 21.5. The number of hydrogen-bond donors (Lipinski definition) is 6. The Balaban J connectivity index is 2.16. The lowest BCUT2D eigenvalue weighted by Crippen LogP contribution is -2.60. The molecule has 6 N–H and O–H groups in total. The predicted molar refractivity (Wildman–Crippen MR) is 340 cm³/mol. The summed E-state index contributed by atoms with van der Waals surface area (Å²) in [5, 5.41) is 54.5. The third-order valence-corrected chi connectivity index (χ3v) is 14.1. The summed E-state index contributed by atoms with van der Waals surface area (Å²) in [6.07, 6.45) is 83.6. The molecule has 1 aliphatic rings. The highest BCUT2D eigenvalue weighted by Gasteiger charge is 2.44. The first kappa shape index (κ1) is 74.1. The SMILES string of the molecule is CC/C=C\C/C=C\C/C=C\C/C=C\C/C=C\C/C=C\C/C=C\C/C=C\C/C=C\C/C=C\CCCCCCCCCCCCC(=O)NC(COC1OC(CO)C(O)C(O)C1O)C(O)/C=C/CC/C=C/CCCCCCCCCCCC. The van der Waals surface area contributed by atoms with Gasteiger partial charge in [0.1, 0.15) is 24.4 Å². The van der Waals surface area contributed by atoms with E-state index in [1.165, 1.54) is 103 Å². The van der Waals surface area contributed by atoms with Gasteiger partial charge in [0.25, 0.3) is 0 Å². The highest BCUT2D eigenvalue weighted by molar-refractivity contribution is 5.76. The minimum Gasteiger partial charge on any atom is -0.394 e. The Morgan fingerprint density at radius 3 is 1.20 bits per heavy atom. The van der Waals surface area contributed by atoms with E-state index in [1.807, 2.05) is 6.08 Å². The van der Waals surface area contributed by atoms with Crippen LogP contribution in [0.4, 0.5) is 0 Å². The van der Waals surface area contributed by atoms with Crippen LogP contribution in [-0.4, -0.2) is 87.5 Å². The van der Waals surface area contributed by atoms with E-state index in [2.05, 4.69) is 153 Å². The molecule has 1 amide bonds. The molecular weight excluding hydrogens is 995 g/mol. The molecule has 0 aromatic rings. The van der Waals surface area contributed by atoms with Gasteiger partial charge in [0.05, 0.1) is 25.4 Å². The summed E-state index contributed by atoms with van der Waals surface area (Å²) in [6.45, 7) is 3.64. The molecule has 0 saturated carbocycles. The van der Waals surface area contributed by atoms with Crippen molar-refractivity contribution in [2.45, 2.75) is 281 Å². The average molecular weight is 1110 g/mol. The third kappa shape index (κ3) is 46.7. The van der Waals surface area contributed by atoms with E-state index in [9.17, 15) is 30.3 Å². The van der Waals surface area contributed by atoms with E-state index in [0.717, 1.165) is 116 Å². The van der Waals surface area contributed by atoms with Crippen LogP contribution in [-0.2, 0) is 14.3 Å². The molecule has 454 valence electrons. The fourth-order valence-corrected chi connectivity index (χ4v) is 9.14. The molecule has 0 bridgehead atoms. The first-order chi connectivity index (χ1) is 39.3. The molecule has 0 radical (unpaired) electrons. The zero-order chi connectivity index (χ0) is 57.9. The van der Waals surface area contributed by atoms with Gasteiger partial charge in [0.15, 0.2) is 6.29 Å². The van der Waals surface area contributed by atoms with Crippen molar-refractivity contribution >= 4 is 5.91 Å². The molecule has 7 unspecified atom stereocenters. The van der Waals surface area contributed by atoms with Crippen molar-refractivity contribution < 1.29 is 39.8 Å². The van der Waals surface area contributed by atoms with Gasteiger partial charge in [0, 0.05) is 6.42 Å². The van der Waals surface area contributed by atoms with Crippen molar-refractivity contribution in [1.29, 1.82) is 0 Å². The van der Waals surface area contributed by atoms with E-state index < -0.39 is 49.5 Å². The number of aliphatic hydroxyl groups excluding tert-OH is 5. The van der Waals surface area contributed by atoms with E-state index >= 15 is 0 Å². The van der Waals surface area contributed by atoms with Crippen LogP contribution in [0.2, 0.25) is 0 Å². The Morgan fingerprint density at radius 1 is 0.438 bits per heavy atom. The zero-order valence-electron chi connectivity index (χ0n) is 50.5. The van der Waals surface area contributed by atoms with Gasteiger partial charge in [-0.3, -0.25) is 4.79 Å². The molecule has 9 nitrogen and oxygen atoms in total. The van der Waals surface area contributed by atoms with Crippen LogP contribution in [0.5, 0.6) is 0 Å². The summed E-state index contributed by atoms with van der Waals surface area (Å²) in [4.78, 5) is 13.1. The van der Waals surface area contributed by atoms with Crippen molar-refractivity contribution in [2.24, 2.45) is 0 Å². The van der Waals surface area contributed by atoms with Gasteiger partial charge in [0.2, 0.25) is 5.91 Å². The van der Waals surface area contributed by atoms with Gasteiger partial charge < -0.3 is 40.3 Å². The molecule has 0 aromatic heterocycles. The fraction of sp³-hybridized carbons (Fsp3) is 0.648. The van der Waals surface area contributed by atoms with E-state index in [1.54, 1.807) is 6.08 Å². The van der Waals surface area contributed by atoms with Crippen LogP contribution in [0.15, 0.2) is 146 Å². The number of rotatable bonds is 53. The van der Waals surface area contributed by atoms with Crippen molar-refractivity contribution in [1.82, 2.24) is 5.32 Å². The Hall–Kier alpha value is -3.93. The van der Waals surface area contributed by atoms with E-state index in [0.29, 0.717) is 6.42 Å². The topological polar surface area (TPSA) is 149 Å². The number of carbonyl (C=O) groups excluding carboxylic acids is 1. The van der Waals surface area contributed by atoms with E-state index in [4.69, 9.17) is 9.47 Å². The van der Waals surface area contributed by atoms with Gasteiger partial charge >= 0.3 is 0 Å². The average Bonchev–Trinajstić information content (AvgIpc) is 3.46. The second-order valence-electron chi connectivity index (χ2n) is 21.5. The lowest BCUT2D eigenvalue weighted by Gasteiger charge is -2.40. The molecule has 7 atom stereocenters. The highest BCUT2D eigenvalue weighted by atomic mass is 16.7. The Kier molecular flexibility index (Phi) is 54.0. The first-order valence-corrected chi connectivity index (χ1v) is 32.1. The second kappa shape index (κ2) is 58.3. The molecule has 0 aliphatic carbocycles. The summed E-state index contributed by atoms with van der Waals surface area (Å²) in [5.74, 6) is -0.197. The van der Waals surface area contributed by atoms with Crippen LogP contribution < -0.4 is 5.32 Å². The molecule has 1 rings (SSSR count). The first-order valence-electron chi connectivity index (χ1n) is 32.1. The maximum atomic E-state index is 13.1. The number of ether oxygens (including phenoxy) is 2. The van der Waals surface area contributed by atoms with Crippen molar-refractivity contribution in [2.75, 3.05) is 13.2 Å². The molecule has 1 saturated heterocycles. The summed E-state index contributed by atoms with van der Waals surface area (Å²) < 4.78 is 11.3. The smallest absolute Gasteiger partial charge is 0.220 e. The van der Waals surface area contributed by atoms with Crippen molar-refractivity contribution in [3.8, 4) is 0 Å². The lowest BCUT2D eigenvalue weighted by atomic mass is 9.99. The normalized spacial score (nSPS) is 19.5. The van der Waals surface area contributed by atoms with Crippen LogP contribution in [0, 0.1) is 0 Å². The minimum atomic E-state index is -1.58. The van der Waals surface area contributed by atoms with Crippen LogP contribution >= 0.6 is 0 Å². The van der Waals surface area contributed by atoms with Gasteiger partial charge in [-0.15, -0.1) is 0 Å². The maximum Gasteiger partial charge on any atom is 0.220 e. The van der Waals surface area contributed by atoms with Crippen LogP contribution in [0.1, 0.15) is 239 Å². The summed E-state index contributed by atoms with van der Waals surface area (Å²) in [6, 6.07) is -0.834. The highest BCUT2D eigenvalue weighted by Crippen LogP contribution is 2.23.